The number of unbranched alkanes of at least 4 members (excludes halogenated alkanes) is 20. The summed E-state index contributed by atoms with van der Waals surface area (Å²) in [7, 11) is 1.25. The largest absolute Gasteiger partial charge is 0.756 e. The molecule has 0 fully saturated rings. The van der Waals surface area contributed by atoms with Crippen molar-refractivity contribution in [3.05, 3.63) is 85.1 Å². The molecule has 0 aliphatic heterocycles. The van der Waals surface area contributed by atoms with Gasteiger partial charge in [0.1, 0.15) is 13.2 Å². The molecule has 0 aromatic carbocycles. The smallest absolute Gasteiger partial charge is 0.268 e. The zero-order valence-corrected chi connectivity index (χ0v) is 42.1. The number of carbonyl (C=O) groups excluding carboxylic acids is 1. The van der Waals surface area contributed by atoms with E-state index < -0.39 is 20.0 Å². The zero-order valence-electron chi connectivity index (χ0n) is 41.2. The van der Waals surface area contributed by atoms with Gasteiger partial charge in [-0.2, -0.15) is 0 Å². The molecule has 0 aromatic rings. The van der Waals surface area contributed by atoms with Crippen molar-refractivity contribution in [1.29, 1.82) is 0 Å². The first-order chi connectivity index (χ1) is 30.5. The summed E-state index contributed by atoms with van der Waals surface area (Å²) in [6.45, 7) is 4.51. The van der Waals surface area contributed by atoms with Gasteiger partial charge in [-0.05, 0) is 70.6 Å². The number of phosphoric ester groups is 1. The van der Waals surface area contributed by atoms with Crippen molar-refractivity contribution in [3.8, 4) is 0 Å². The summed E-state index contributed by atoms with van der Waals surface area (Å²) < 4.78 is 23.2. The third kappa shape index (κ3) is 47.5. The number of nitrogens with one attached hydrogen (secondary N) is 1. The van der Waals surface area contributed by atoms with Crippen molar-refractivity contribution in [2.45, 2.75) is 212 Å². The molecule has 0 saturated carbocycles. The highest BCUT2D eigenvalue weighted by atomic mass is 31.2. The normalized spacial score (nSPS) is 14.8. The number of phosphoric acid groups is 1. The lowest BCUT2D eigenvalue weighted by molar-refractivity contribution is -0.870. The van der Waals surface area contributed by atoms with Gasteiger partial charge >= 0.3 is 0 Å². The maximum Gasteiger partial charge on any atom is 0.268 e. The number of hydrogen-bond acceptors (Lipinski definition) is 6. The Labute approximate surface area is 388 Å². The fraction of sp³-hybridized carbons (Fsp3) is 0.722. The number of quaternary nitrogens is 1. The average molecular weight is 901 g/mol. The SMILES string of the molecule is CC/C=C\C/C=C\C/C=C\C/C=C\C/C=C\C/C=C\CCCCCCCCCCCCC(=O)NC(COP(=O)([O-])OCC[N+](C)(C)C)C(O)/C=C/CCCCCCCCCCCC. The van der Waals surface area contributed by atoms with E-state index in [2.05, 4.69) is 92.1 Å². The fourth-order valence-electron chi connectivity index (χ4n) is 6.86. The van der Waals surface area contributed by atoms with Crippen LogP contribution in [0.25, 0.3) is 0 Å². The summed E-state index contributed by atoms with van der Waals surface area (Å²) in [4.78, 5) is 25.4. The molecule has 0 aliphatic rings. The number of aliphatic hydroxyl groups is 1. The molecule has 1 amide bonds. The number of aliphatic hydroxyl groups excluding tert-OH is 1. The highest BCUT2D eigenvalue weighted by Gasteiger charge is 2.23. The van der Waals surface area contributed by atoms with Crippen molar-refractivity contribution in [1.82, 2.24) is 5.32 Å². The van der Waals surface area contributed by atoms with Crippen LogP contribution in [-0.4, -0.2) is 68.5 Å². The maximum absolute atomic E-state index is 12.9. The van der Waals surface area contributed by atoms with Gasteiger partial charge in [0, 0.05) is 6.42 Å². The summed E-state index contributed by atoms with van der Waals surface area (Å²) in [6.07, 6.45) is 62.1. The van der Waals surface area contributed by atoms with E-state index in [-0.39, 0.29) is 19.1 Å². The molecule has 2 N–H and O–H groups in total. The van der Waals surface area contributed by atoms with Crippen LogP contribution < -0.4 is 10.2 Å². The van der Waals surface area contributed by atoms with E-state index in [1.807, 2.05) is 27.2 Å². The van der Waals surface area contributed by atoms with Crippen LogP contribution in [0.4, 0.5) is 0 Å². The molecular weight excluding hydrogens is 804 g/mol. The van der Waals surface area contributed by atoms with Crippen molar-refractivity contribution in [2.75, 3.05) is 40.9 Å². The van der Waals surface area contributed by atoms with Crippen LogP contribution in [0.2, 0.25) is 0 Å². The standard InChI is InChI=1S/C54H97N2O6P/c1-6-8-10-12-14-16-18-20-21-22-23-24-25-26-27-28-29-30-31-32-33-34-35-36-38-40-42-44-46-48-54(58)55-52(51-62-63(59,60)61-50-49-56(3,4)5)53(57)47-45-43-41-39-37-19-17-15-13-11-9-7-2/h8,10,14,16,20-21,23-24,26-27,29-30,45,47,52-53,57H,6-7,9,11-13,15,17-19,22,25,28,31-44,46,48-51H2,1-5H3,(H-,55,58,59,60)/b10-8-,16-14-,21-20-,24-23-,27-26-,30-29-,47-45+. The van der Waals surface area contributed by atoms with Gasteiger partial charge in [0.2, 0.25) is 5.91 Å². The fourth-order valence-corrected chi connectivity index (χ4v) is 7.58. The van der Waals surface area contributed by atoms with Crippen molar-refractivity contribution >= 4 is 13.7 Å². The number of allylic oxidation sites excluding steroid dienone is 13. The Morgan fingerprint density at radius 1 is 0.571 bits per heavy atom. The van der Waals surface area contributed by atoms with Gasteiger partial charge < -0.3 is 28.8 Å². The van der Waals surface area contributed by atoms with E-state index in [9.17, 15) is 19.4 Å². The van der Waals surface area contributed by atoms with Crippen LogP contribution >= 0.6 is 7.82 Å². The van der Waals surface area contributed by atoms with Gasteiger partial charge in [-0.1, -0.05) is 208 Å². The molecule has 0 aliphatic carbocycles. The molecule has 9 heteroatoms. The summed E-state index contributed by atoms with van der Waals surface area (Å²) in [5.74, 6) is -0.207. The predicted octanol–water partition coefficient (Wildman–Crippen LogP) is 14.3. The molecule has 0 spiro atoms. The number of likely N-dealkylation sites (N-methyl/N-ethyl adjacent to an activating group) is 1. The van der Waals surface area contributed by atoms with Gasteiger partial charge in [0.05, 0.1) is 39.9 Å². The second-order valence-electron chi connectivity index (χ2n) is 18.1. The summed E-state index contributed by atoms with van der Waals surface area (Å²) in [6, 6.07) is -0.892. The van der Waals surface area contributed by atoms with Gasteiger partial charge in [-0.25, -0.2) is 0 Å². The number of rotatable bonds is 45. The molecule has 8 nitrogen and oxygen atoms in total. The molecule has 0 aromatic heterocycles. The Kier molecular flexibility index (Phi) is 43.2. The summed E-state index contributed by atoms with van der Waals surface area (Å²) >= 11 is 0. The zero-order chi connectivity index (χ0) is 46.4. The van der Waals surface area contributed by atoms with E-state index in [1.54, 1.807) is 6.08 Å². The first kappa shape index (κ1) is 60.7. The van der Waals surface area contributed by atoms with E-state index in [1.165, 1.54) is 96.3 Å². The molecule has 3 atom stereocenters. The van der Waals surface area contributed by atoms with Crippen LogP contribution in [-0.2, 0) is 18.4 Å². The van der Waals surface area contributed by atoms with Crippen LogP contribution in [0, 0.1) is 0 Å². The van der Waals surface area contributed by atoms with Crippen LogP contribution in [0.3, 0.4) is 0 Å². The predicted molar refractivity (Wildman–Crippen MR) is 270 cm³/mol. The van der Waals surface area contributed by atoms with Gasteiger partial charge in [-0.15, -0.1) is 0 Å². The molecule has 63 heavy (non-hydrogen) atoms. The monoisotopic (exact) mass is 901 g/mol. The minimum absolute atomic E-state index is 0.00561. The van der Waals surface area contributed by atoms with Gasteiger partial charge in [0.25, 0.3) is 7.82 Å². The average Bonchev–Trinajstić information content (AvgIpc) is 3.24. The molecule has 3 unspecified atom stereocenters. The highest BCUT2D eigenvalue weighted by Crippen LogP contribution is 2.38. The third-order valence-electron chi connectivity index (χ3n) is 10.9. The minimum atomic E-state index is -4.59. The number of nitrogens with zero attached hydrogens (tertiary/aromatic N) is 1. The molecular formula is C54H97N2O6P. The Morgan fingerprint density at radius 2 is 0.968 bits per heavy atom. The number of amides is 1. The van der Waals surface area contributed by atoms with Gasteiger partial charge in [0.15, 0.2) is 0 Å². The number of carbonyl (C=O) groups is 1. The molecule has 0 rings (SSSR count). The molecule has 0 bridgehead atoms. The first-order valence-corrected chi connectivity index (χ1v) is 26.9. The lowest BCUT2D eigenvalue weighted by Crippen LogP contribution is -2.45. The van der Waals surface area contributed by atoms with Crippen LogP contribution in [0.1, 0.15) is 200 Å². The van der Waals surface area contributed by atoms with Crippen molar-refractivity contribution in [3.63, 3.8) is 0 Å². The van der Waals surface area contributed by atoms with E-state index in [0.29, 0.717) is 17.4 Å². The summed E-state index contributed by atoms with van der Waals surface area (Å²) in [5, 5.41) is 13.8. The highest BCUT2D eigenvalue weighted by molar-refractivity contribution is 7.45. The lowest BCUT2D eigenvalue weighted by atomic mass is 10.0. The molecule has 0 saturated heterocycles. The molecule has 0 heterocycles. The third-order valence-corrected chi connectivity index (χ3v) is 11.8. The second kappa shape index (κ2) is 44.9. The van der Waals surface area contributed by atoms with Crippen molar-refractivity contribution < 1.29 is 32.9 Å². The van der Waals surface area contributed by atoms with E-state index in [4.69, 9.17) is 9.05 Å². The van der Waals surface area contributed by atoms with E-state index in [0.717, 1.165) is 83.5 Å². The number of hydrogen-bond donors (Lipinski definition) is 2. The minimum Gasteiger partial charge on any atom is -0.756 e. The molecule has 0 radical (unpaired) electrons. The summed E-state index contributed by atoms with van der Waals surface area (Å²) in [5.41, 5.74) is 0. The Hall–Kier alpha value is -2.32. The van der Waals surface area contributed by atoms with Crippen molar-refractivity contribution in [2.24, 2.45) is 0 Å². The van der Waals surface area contributed by atoms with Gasteiger partial charge in [-0.3, -0.25) is 9.36 Å². The van der Waals surface area contributed by atoms with Crippen LogP contribution in [0.15, 0.2) is 85.1 Å². The second-order valence-corrected chi connectivity index (χ2v) is 19.6. The van der Waals surface area contributed by atoms with Crippen LogP contribution in [0.5, 0.6) is 0 Å². The Bertz CT molecular complexity index is 1300. The Morgan fingerprint density at radius 3 is 1.41 bits per heavy atom. The topological polar surface area (TPSA) is 108 Å². The first-order valence-electron chi connectivity index (χ1n) is 25.4. The lowest BCUT2D eigenvalue weighted by Gasteiger charge is -2.29. The maximum atomic E-state index is 12.9. The van der Waals surface area contributed by atoms with E-state index >= 15 is 0 Å². The molecule has 364 valence electrons. The Balaban J connectivity index is 4.21. The quantitative estimate of drug-likeness (QED) is 0.0273.